The molecule has 5 aliphatic heterocycles. The Balaban J connectivity index is 1.34. The van der Waals surface area contributed by atoms with Crippen molar-refractivity contribution in [2.24, 2.45) is 5.92 Å². The second-order valence-corrected chi connectivity index (χ2v) is 13.0. The summed E-state index contributed by atoms with van der Waals surface area (Å²) in [5.74, 6) is 0.221. The zero-order valence-electron chi connectivity index (χ0n) is 21.5. The van der Waals surface area contributed by atoms with E-state index in [9.17, 15) is 9.59 Å². The molecule has 2 spiro atoms. The van der Waals surface area contributed by atoms with Crippen LogP contribution in [0.15, 0.2) is 18.2 Å². The topological polar surface area (TPSA) is 83.7 Å². The molecule has 1 aromatic heterocycles. The Morgan fingerprint density at radius 1 is 1.06 bits per heavy atom. The van der Waals surface area contributed by atoms with Gasteiger partial charge in [-0.05, 0) is 64.1 Å². The van der Waals surface area contributed by atoms with Crippen molar-refractivity contribution in [1.29, 1.82) is 0 Å². The number of rotatable bonds is 1. The molecule has 8 heteroatoms. The predicted octanol–water partition coefficient (Wildman–Crippen LogP) is 2.55. The van der Waals surface area contributed by atoms with Crippen molar-refractivity contribution in [2.45, 2.75) is 94.9 Å². The Morgan fingerprint density at radius 2 is 1.77 bits per heavy atom. The van der Waals surface area contributed by atoms with Gasteiger partial charge < -0.3 is 24.5 Å². The molecule has 2 aromatic rings. The third-order valence-electron chi connectivity index (χ3n) is 10.4. The quantitative estimate of drug-likeness (QED) is 0.622. The van der Waals surface area contributed by atoms with Crippen molar-refractivity contribution in [3.63, 3.8) is 0 Å². The van der Waals surface area contributed by atoms with Gasteiger partial charge in [0.05, 0.1) is 11.2 Å². The molecule has 6 aliphatic rings. The van der Waals surface area contributed by atoms with Crippen LogP contribution in [-0.2, 0) is 30.7 Å². The maximum absolute atomic E-state index is 13.9. The standard InChI is InChI=1S/C27H34BN3O4/c1-23(2)19-14-26-10-7-11-31(26)22(33)27(19,30-21(26)32)13-17-16-9-8-15(12-18(16)29-20(17)23)28-34-24(3,4)25(5,6)35-28/h8-9,12,19,29H,7,10-11,13-14H2,1-6H3,(H,30,32)/t19-,26-,27-/m0/s1. The average molecular weight is 475 g/mol. The predicted molar refractivity (Wildman–Crippen MR) is 133 cm³/mol. The van der Waals surface area contributed by atoms with E-state index >= 15 is 0 Å². The van der Waals surface area contributed by atoms with Crippen LogP contribution in [0.4, 0.5) is 0 Å². The first-order chi connectivity index (χ1) is 16.3. The van der Waals surface area contributed by atoms with Crippen LogP contribution < -0.4 is 10.8 Å². The van der Waals surface area contributed by atoms with Gasteiger partial charge in [0.15, 0.2) is 0 Å². The van der Waals surface area contributed by atoms with Gasteiger partial charge >= 0.3 is 7.12 Å². The van der Waals surface area contributed by atoms with Crippen molar-refractivity contribution in [2.75, 3.05) is 6.54 Å². The minimum Gasteiger partial charge on any atom is -0.399 e. The molecule has 6 heterocycles. The molecule has 0 saturated carbocycles. The fraction of sp³-hybridized carbons (Fsp3) is 0.630. The van der Waals surface area contributed by atoms with Crippen LogP contribution in [0.1, 0.15) is 72.1 Å². The summed E-state index contributed by atoms with van der Waals surface area (Å²) in [6, 6.07) is 6.32. The fourth-order valence-corrected chi connectivity index (χ4v) is 7.78. The highest BCUT2D eigenvalue weighted by molar-refractivity contribution is 6.62. The molecule has 3 atom stereocenters. The number of carbonyl (C=O) groups excluding carboxylic acids is 2. The Hall–Kier alpha value is -2.32. The zero-order chi connectivity index (χ0) is 24.8. The Labute approximate surface area is 206 Å². The van der Waals surface area contributed by atoms with Crippen LogP contribution in [0, 0.1) is 5.92 Å². The second kappa shape index (κ2) is 6.14. The van der Waals surface area contributed by atoms with Gasteiger partial charge in [-0.25, -0.2) is 0 Å². The molecule has 35 heavy (non-hydrogen) atoms. The second-order valence-electron chi connectivity index (χ2n) is 13.0. The minimum atomic E-state index is -0.862. The number of carbonyl (C=O) groups is 2. The van der Waals surface area contributed by atoms with E-state index in [1.807, 2.05) is 4.90 Å². The average Bonchev–Trinajstić information content (AvgIpc) is 3.42. The van der Waals surface area contributed by atoms with Gasteiger partial charge in [-0.15, -0.1) is 0 Å². The molecule has 2 bridgehead atoms. The molecule has 0 unspecified atom stereocenters. The van der Waals surface area contributed by atoms with Crippen molar-refractivity contribution in [1.82, 2.24) is 15.2 Å². The fourth-order valence-electron chi connectivity index (χ4n) is 7.78. The van der Waals surface area contributed by atoms with E-state index in [0.717, 1.165) is 41.2 Å². The maximum Gasteiger partial charge on any atom is 0.494 e. The van der Waals surface area contributed by atoms with Crippen LogP contribution in [-0.4, -0.2) is 57.6 Å². The maximum atomic E-state index is 13.9. The third kappa shape index (κ3) is 2.41. The molecule has 2 N–H and O–H groups in total. The van der Waals surface area contributed by atoms with E-state index in [4.69, 9.17) is 9.31 Å². The number of aromatic nitrogens is 1. The number of piperidine rings is 2. The van der Waals surface area contributed by atoms with Gasteiger partial charge in [0.2, 0.25) is 11.8 Å². The van der Waals surface area contributed by atoms with E-state index in [1.54, 1.807) is 0 Å². The lowest BCUT2D eigenvalue weighted by molar-refractivity contribution is -0.179. The lowest BCUT2D eigenvalue weighted by atomic mass is 9.51. The van der Waals surface area contributed by atoms with Gasteiger partial charge in [-0.2, -0.15) is 0 Å². The van der Waals surface area contributed by atoms with Gasteiger partial charge in [0.25, 0.3) is 0 Å². The van der Waals surface area contributed by atoms with E-state index in [0.29, 0.717) is 13.0 Å². The molecular formula is C27H34BN3O4. The summed E-state index contributed by atoms with van der Waals surface area (Å²) < 4.78 is 12.6. The summed E-state index contributed by atoms with van der Waals surface area (Å²) in [5.41, 5.74) is 1.72. The molecule has 0 radical (unpaired) electrons. The van der Waals surface area contributed by atoms with Gasteiger partial charge in [0, 0.05) is 40.9 Å². The summed E-state index contributed by atoms with van der Waals surface area (Å²) >= 11 is 0. The van der Waals surface area contributed by atoms with E-state index < -0.39 is 29.4 Å². The lowest BCUT2D eigenvalue weighted by Crippen LogP contribution is -2.84. The number of fused-ring (bicyclic) bond motifs is 4. The van der Waals surface area contributed by atoms with Crippen molar-refractivity contribution >= 4 is 35.3 Å². The molecule has 2 amide bonds. The van der Waals surface area contributed by atoms with Crippen LogP contribution in [0.5, 0.6) is 0 Å². The molecule has 1 aromatic carbocycles. The van der Waals surface area contributed by atoms with Gasteiger partial charge in [-0.1, -0.05) is 26.0 Å². The highest BCUT2D eigenvalue weighted by atomic mass is 16.7. The number of H-pyrrole nitrogens is 1. The minimum absolute atomic E-state index is 0.0491. The van der Waals surface area contributed by atoms with Crippen LogP contribution in [0.25, 0.3) is 10.9 Å². The Morgan fingerprint density at radius 3 is 2.49 bits per heavy atom. The summed E-state index contributed by atoms with van der Waals surface area (Å²) in [6.07, 6.45) is 2.94. The number of nitrogens with one attached hydrogen (secondary N) is 2. The first kappa shape index (κ1) is 21.9. The number of hydrogen-bond acceptors (Lipinski definition) is 4. The van der Waals surface area contributed by atoms with E-state index in [1.165, 1.54) is 5.69 Å². The monoisotopic (exact) mass is 475 g/mol. The van der Waals surface area contributed by atoms with Crippen molar-refractivity contribution in [3.05, 3.63) is 29.5 Å². The Kier molecular flexibility index (Phi) is 3.85. The number of piperazine rings is 1. The van der Waals surface area contributed by atoms with E-state index in [2.05, 4.69) is 70.0 Å². The molecule has 184 valence electrons. The lowest BCUT2D eigenvalue weighted by Gasteiger charge is -2.64. The largest absolute Gasteiger partial charge is 0.494 e. The number of amides is 2. The summed E-state index contributed by atoms with van der Waals surface area (Å²) in [6.45, 7) is 13.4. The highest BCUT2D eigenvalue weighted by Crippen LogP contribution is 2.59. The van der Waals surface area contributed by atoms with Crippen LogP contribution in [0.2, 0.25) is 0 Å². The molecule has 5 fully saturated rings. The number of nitrogens with zero attached hydrogens (tertiary/aromatic N) is 1. The van der Waals surface area contributed by atoms with E-state index in [-0.39, 0.29) is 23.1 Å². The first-order valence-corrected chi connectivity index (χ1v) is 13.0. The summed E-state index contributed by atoms with van der Waals surface area (Å²) in [7, 11) is -0.429. The van der Waals surface area contributed by atoms with Crippen molar-refractivity contribution in [3.8, 4) is 0 Å². The van der Waals surface area contributed by atoms with Crippen molar-refractivity contribution < 1.29 is 18.9 Å². The molecule has 5 saturated heterocycles. The summed E-state index contributed by atoms with van der Waals surface area (Å²) in [5, 5.41) is 4.39. The molecule has 7 nitrogen and oxygen atoms in total. The normalized spacial score (nSPS) is 35.8. The highest BCUT2D eigenvalue weighted by Gasteiger charge is 2.72. The molecular weight excluding hydrogens is 441 g/mol. The molecule has 1 aliphatic carbocycles. The zero-order valence-corrected chi connectivity index (χ0v) is 21.5. The number of benzene rings is 1. The van der Waals surface area contributed by atoms with Gasteiger partial charge in [0.1, 0.15) is 11.1 Å². The van der Waals surface area contributed by atoms with Gasteiger partial charge in [-0.3, -0.25) is 9.59 Å². The third-order valence-corrected chi connectivity index (χ3v) is 10.4. The Bertz CT molecular complexity index is 1310. The van der Waals surface area contributed by atoms with Crippen LogP contribution in [0.3, 0.4) is 0 Å². The smallest absolute Gasteiger partial charge is 0.399 e. The number of hydrogen-bond donors (Lipinski definition) is 2. The first-order valence-electron chi connectivity index (χ1n) is 13.0. The molecule has 8 rings (SSSR count). The summed E-state index contributed by atoms with van der Waals surface area (Å²) in [4.78, 5) is 32.9. The SMILES string of the molecule is CC1(C)c2[nH]c3cc(B4OC(C)(C)C(C)(C)O4)ccc3c2C[C@@]23NC(=O)[C@]4(CCCN4C2=O)C[C@@H]13. The van der Waals surface area contributed by atoms with Crippen LogP contribution >= 0.6 is 0 Å². The number of aromatic amines is 1.